The van der Waals surface area contributed by atoms with E-state index in [-0.39, 0.29) is 11.4 Å². The summed E-state index contributed by atoms with van der Waals surface area (Å²) in [5, 5.41) is 5.03. The maximum absolute atomic E-state index is 13.3. The van der Waals surface area contributed by atoms with E-state index >= 15 is 0 Å². The number of urea groups is 1. The van der Waals surface area contributed by atoms with Crippen molar-refractivity contribution in [1.82, 2.24) is 10.2 Å². The standard InChI is InChI=1S/C20H28N4O7S/c1-19(2,3)15(25)14(24-17(27)20(4,5)22-18(24)28)16(26)21-12-10-11(23-32(29)31-7)8-9-13(12)30-6/h8-10,14,23H,1-7H3,(H,21,26)(H,22,28). The van der Waals surface area contributed by atoms with E-state index in [0.29, 0.717) is 10.6 Å². The Morgan fingerprint density at radius 3 is 2.28 bits per heavy atom. The van der Waals surface area contributed by atoms with E-state index < -0.39 is 51.9 Å². The van der Waals surface area contributed by atoms with E-state index in [2.05, 4.69) is 19.5 Å². The van der Waals surface area contributed by atoms with Gasteiger partial charge in [-0.3, -0.25) is 23.3 Å². The van der Waals surface area contributed by atoms with Crippen LogP contribution >= 0.6 is 0 Å². The lowest BCUT2D eigenvalue weighted by molar-refractivity contribution is -0.144. The average molecular weight is 469 g/mol. The number of methoxy groups -OCH3 is 1. The van der Waals surface area contributed by atoms with Crippen LogP contribution in [0.25, 0.3) is 0 Å². The highest BCUT2D eigenvalue weighted by molar-refractivity contribution is 7.81. The molecule has 0 spiro atoms. The fourth-order valence-electron chi connectivity index (χ4n) is 2.98. The predicted molar refractivity (Wildman–Crippen MR) is 118 cm³/mol. The van der Waals surface area contributed by atoms with Crippen molar-refractivity contribution < 1.29 is 32.3 Å². The van der Waals surface area contributed by atoms with Crippen LogP contribution < -0.4 is 20.1 Å². The predicted octanol–water partition coefficient (Wildman–Crippen LogP) is 1.58. The summed E-state index contributed by atoms with van der Waals surface area (Å²) in [5.74, 6) is -1.97. The van der Waals surface area contributed by atoms with E-state index in [1.54, 1.807) is 26.8 Å². The number of anilines is 2. The minimum Gasteiger partial charge on any atom is -0.495 e. The molecule has 1 aromatic carbocycles. The molecule has 1 fully saturated rings. The number of rotatable bonds is 8. The summed E-state index contributed by atoms with van der Waals surface area (Å²) >= 11 is -1.82. The smallest absolute Gasteiger partial charge is 0.326 e. The molecule has 2 unspecified atom stereocenters. The highest BCUT2D eigenvalue weighted by atomic mass is 32.2. The first kappa shape index (κ1) is 25.3. The molecule has 11 nitrogen and oxygen atoms in total. The van der Waals surface area contributed by atoms with Gasteiger partial charge < -0.3 is 15.4 Å². The van der Waals surface area contributed by atoms with Crippen LogP contribution in [-0.2, 0) is 29.8 Å². The van der Waals surface area contributed by atoms with Crippen molar-refractivity contribution in [3.8, 4) is 5.75 Å². The Labute approximate surface area is 189 Å². The van der Waals surface area contributed by atoms with E-state index in [0.717, 1.165) is 0 Å². The van der Waals surface area contributed by atoms with Crippen molar-refractivity contribution in [3.05, 3.63) is 18.2 Å². The Balaban J connectivity index is 2.46. The molecule has 0 saturated carbocycles. The van der Waals surface area contributed by atoms with Crippen molar-refractivity contribution in [2.75, 3.05) is 24.3 Å². The van der Waals surface area contributed by atoms with Gasteiger partial charge in [-0.1, -0.05) is 20.8 Å². The van der Waals surface area contributed by atoms with E-state index in [9.17, 15) is 23.4 Å². The van der Waals surface area contributed by atoms with Gasteiger partial charge in [0.1, 0.15) is 11.3 Å². The molecule has 1 aromatic rings. The second-order valence-electron chi connectivity index (χ2n) is 8.65. The zero-order valence-corrected chi connectivity index (χ0v) is 19.8. The van der Waals surface area contributed by atoms with E-state index in [1.807, 2.05) is 0 Å². The molecule has 1 aliphatic heterocycles. The van der Waals surface area contributed by atoms with Gasteiger partial charge in [-0.25, -0.2) is 13.9 Å². The van der Waals surface area contributed by atoms with Crippen LogP contribution in [0.3, 0.4) is 0 Å². The first-order valence-corrected chi connectivity index (χ1v) is 10.7. The molecular formula is C20H28N4O7S. The normalized spacial score (nSPS) is 17.4. The molecule has 176 valence electrons. The summed E-state index contributed by atoms with van der Waals surface area (Å²) in [4.78, 5) is 52.5. The minimum atomic E-state index is -1.82. The fourth-order valence-corrected chi connectivity index (χ4v) is 3.38. The fraction of sp³-hybridized carbons (Fsp3) is 0.500. The molecule has 2 rings (SSSR count). The number of nitrogens with one attached hydrogen (secondary N) is 3. The Hall–Kier alpha value is -2.99. The van der Waals surface area contributed by atoms with Crippen LogP contribution in [0.15, 0.2) is 18.2 Å². The molecule has 1 heterocycles. The highest BCUT2D eigenvalue weighted by Gasteiger charge is 2.53. The molecule has 12 heteroatoms. The molecule has 0 aromatic heterocycles. The maximum atomic E-state index is 13.3. The number of carbonyl (C=O) groups excluding carboxylic acids is 4. The topological polar surface area (TPSA) is 143 Å². The number of nitrogens with zero attached hydrogens (tertiary/aromatic N) is 1. The summed E-state index contributed by atoms with van der Waals surface area (Å²) < 4.78 is 24.1. The number of benzene rings is 1. The van der Waals surface area contributed by atoms with E-state index in [4.69, 9.17) is 4.74 Å². The molecule has 3 N–H and O–H groups in total. The first-order valence-electron chi connectivity index (χ1n) is 9.65. The molecule has 1 aliphatic rings. The van der Waals surface area contributed by atoms with Crippen molar-refractivity contribution >= 4 is 46.3 Å². The van der Waals surface area contributed by atoms with Gasteiger partial charge in [0.15, 0.2) is 11.8 Å². The summed E-state index contributed by atoms with van der Waals surface area (Å²) in [5.41, 5.74) is -1.83. The third-order valence-electron chi connectivity index (χ3n) is 4.70. The quantitative estimate of drug-likeness (QED) is 0.388. The lowest BCUT2D eigenvalue weighted by Gasteiger charge is -2.29. The third kappa shape index (κ3) is 5.25. The highest BCUT2D eigenvalue weighted by Crippen LogP contribution is 2.30. The van der Waals surface area contributed by atoms with Crippen LogP contribution in [0.5, 0.6) is 5.75 Å². The van der Waals surface area contributed by atoms with Crippen molar-refractivity contribution in [2.24, 2.45) is 5.41 Å². The molecule has 2 atom stereocenters. The maximum Gasteiger partial charge on any atom is 0.326 e. The van der Waals surface area contributed by atoms with Gasteiger partial charge in [0.2, 0.25) is 0 Å². The zero-order valence-electron chi connectivity index (χ0n) is 19.0. The molecule has 1 saturated heterocycles. The molecule has 0 bridgehead atoms. The van der Waals surface area contributed by atoms with Crippen LogP contribution in [0, 0.1) is 5.41 Å². The first-order chi connectivity index (χ1) is 14.7. The Bertz CT molecular complexity index is 971. The molecule has 4 amide bonds. The third-order valence-corrected chi connectivity index (χ3v) is 5.40. The monoisotopic (exact) mass is 468 g/mol. The Morgan fingerprint density at radius 1 is 1.19 bits per heavy atom. The SMILES string of the molecule is COc1ccc(NS(=O)OC)cc1NC(=O)C(C(=O)C(C)(C)C)N1C(=O)NC(C)(C)C1=O. The van der Waals surface area contributed by atoms with Gasteiger partial charge >= 0.3 is 6.03 Å². The van der Waals surface area contributed by atoms with Gasteiger partial charge in [0.05, 0.1) is 25.6 Å². The number of carbonyl (C=O) groups is 4. The number of hydrogen-bond donors (Lipinski definition) is 3. The molecule has 0 radical (unpaired) electrons. The average Bonchev–Trinajstić information content (AvgIpc) is 2.89. The van der Waals surface area contributed by atoms with Crippen LogP contribution in [0.2, 0.25) is 0 Å². The summed E-state index contributed by atoms with van der Waals surface area (Å²) in [6.07, 6.45) is 0. The summed E-state index contributed by atoms with van der Waals surface area (Å²) in [7, 11) is 2.63. The van der Waals surface area contributed by atoms with Crippen LogP contribution in [0.4, 0.5) is 16.2 Å². The van der Waals surface area contributed by atoms with Gasteiger partial charge in [0, 0.05) is 5.41 Å². The van der Waals surface area contributed by atoms with Crippen molar-refractivity contribution in [2.45, 2.75) is 46.2 Å². The Morgan fingerprint density at radius 2 is 1.81 bits per heavy atom. The summed E-state index contributed by atoms with van der Waals surface area (Å²) in [6, 6.07) is 1.92. The minimum absolute atomic E-state index is 0.133. The number of Topliss-reactive ketones (excluding diaryl/α,β-unsaturated/α-hetero) is 1. The van der Waals surface area contributed by atoms with E-state index in [1.165, 1.54) is 40.2 Å². The van der Waals surface area contributed by atoms with Crippen molar-refractivity contribution in [3.63, 3.8) is 0 Å². The number of imide groups is 1. The van der Waals surface area contributed by atoms with Gasteiger partial charge in [-0.05, 0) is 32.0 Å². The molecular weight excluding hydrogens is 440 g/mol. The number of ketones is 1. The molecule has 32 heavy (non-hydrogen) atoms. The van der Waals surface area contributed by atoms with Crippen molar-refractivity contribution in [1.29, 1.82) is 0 Å². The van der Waals surface area contributed by atoms with Gasteiger partial charge in [-0.15, -0.1) is 0 Å². The van der Waals surface area contributed by atoms with Crippen LogP contribution in [0.1, 0.15) is 34.6 Å². The number of amides is 4. The number of ether oxygens (including phenoxy) is 1. The zero-order chi connectivity index (χ0) is 24.4. The largest absolute Gasteiger partial charge is 0.495 e. The van der Waals surface area contributed by atoms with Gasteiger partial charge in [-0.2, -0.15) is 0 Å². The summed E-state index contributed by atoms with van der Waals surface area (Å²) in [6.45, 7) is 7.73. The Kier molecular flexibility index (Phi) is 7.30. The second-order valence-corrected chi connectivity index (χ2v) is 9.66. The lowest BCUT2D eigenvalue weighted by atomic mass is 9.85. The molecule has 0 aliphatic carbocycles. The van der Waals surface area contributed by atoms with Crippen LogP contribution in [-0.4, -0.2) is 58.5 Å². The van der Waals surface area contributed by atoms with Gasteiger partial charge in [0.25, 0.3) is 23.1 Å². The number of hydrogen-bond acceptors (Lipinski definition) is 7. The lowest BCUT2D eigenvalue weighted by Crippen LogP contribution is -2.55. The second kappa shape index (κ2) is 9.25.